The number of aliphatic carboxylic acids is 1. The molecular formula is C14H14ClNO3. The van der Waals surface area contributed by atoms with Gasteiger partial charge in [0.05, 0.1) is 5.92 Å². The van der Waals surface area contributed by atoms with Gasteiger partial charge in [-0.1, -0.05) is 23.7 Å². The van der Waals surface area contributed by atoms with Crippen LogP contribution in [0.3, 0.4) is 0 Å². The monoisotopic (exact) mass is 279 g/mol. The number of carbonyl (C=O) groups excluding carboxylic acids is 1. The molecule has 0 bridgehead atoms. The number of hydrogen-bond donors (Lipinski definition) is 1. The molecule has 1 aliphatic heterocycles. The number of hydrogen-bond acceptors (Lipinski definition) is 2. The van der Waals surface area contributed by atoms with Crippen molar-refractivity contribution in [3.05, 3.63) is 40.4 Å². The molecule has 0 aromatic heterocycles. The van der Waals surface area contributed by atoms with Gasteiger partial charge in [0.1, 0.15) is 0 Å². The van der Waals surface area contributed by atoms with Crippen molar-refractivity contribution in [2.75, 3.05) is 13.1 Å². The Balaban J connectivity index is 1.94. The third-order valence-corrected chi connectivity index (χ3v) is 3.56. The fraction of sp³-hybridized carbons (Fsp3) is 0.286. The van der Waals surface area contributed by atoms with Crippen LogP contribution in [0.15, 0.2) is 24.3 Å². The molecule has 0 aliphatic carbocycles. The molecule has 1 saturated heterocycles. The van der Waals surface area contributed by atoms with Crippen molar-refractivity contribution in [1.82, 2.24) is 4.90 Å². The summed E-state index contributed by atoms with van der Waals surface area (Å²) in [4.78, 5) is 23.9. The van der Waals surface area contributed by atoms with Gasteiger partial charge in [-0.05, 0) is 30.2 Å². The van der Waals surface area contributed by atoms with E-state index < -0.39 is 11.9 Å². The van der Waals surface area contributed by atoms with Crippen molar-refractivity contribution < 1.29 is 14.7 Å². The van der Waals surface area contributed by atoms with Crippen LogP contribution in [0.5, 0.6) is 0 Å². The number of aryl methyl sites for hydroxylation is 1. The molecule has 1 fully saturated rings. The second-order valence-corrected chi connectivity index (χ2v) is 5.03. The van der Waals surface area contributed by atoms with Crippen LogP contribution in [0.1, 0.15) is 11.1 Å². The Labute approximate surface area is 116 Å². The molecule has 1 aliphatic rings. The minimum absolute atomic E-state index is 0.172. The van der Waals surface area contributed by atoms with Crippen LogP contribution < -0.4 is 0 Å². The van der Waals surface area contributed by atoms with E-state index in [4.69, 9.17) is 16.7 Å². The molecule has 0 radical (unpaired) electrons. The van der Waals surface area contributed by atoms with E-state index >= 15 is 0 Å². The van der Waals surface area contributed by atoms with E-state index in [9.17, 15) is 9.59 Å². The minimum atomic E-state index is -0.849. The maximum Gasteiger partial charge on any atom is 0.310 e. The Bertz CT molecular complexity index is 548. The van der Waals surface area contributed by atoms with Gasteiger partial charge in [0.2, 0.25) is 5.91 Å². The summed E-state index contributed by atoms with van der Waals surface area (Å²) in [6.45, 7) is 2.48. The Kier molecular flexibility index (Phi) is 3.90. The van der Waals surface area contributed by atoms with Crippen molar-refractivity contribution in [3.63, 3.8) is 0 Å². The average Bonchev–Trinajstić information content (AvgIpc) is 2.28. The topological polar surface area (TPSA) is 57.6 Å². The number of benzene rings is 1. The lowest BCUT2D eigenvalue weighted by atomic mass is 10.0. The molecule has 0 atom stereocenters. The lowest BCUT2D eigenvalue weighted by Gasteiger charge is -2.35. The van der Waals surface area contributed by atoms with Gasteiger partial charge < -0.3 is 10.0 Å². The van der Waals surface area contributed by atoms with E-state index in [-0.39, 0.29) is 19.0 Å². The summed E-state index contributed by atoms with van der Waals surface area (Å²) in [5, 5.41) is 9.38. The Morgan fingerprint density at radius 2 is 2.11 bits per heavy atom. The Hall–Kier alpha value is -1.81. The first-order chi connectivity index (χ1) is 8.97. The second-order valence-electron chi connectivity index (χ2n) is 4.62. The third kappa shape index (κ3) is 3.15. The van der Waals surface area contributed by atoms with Gasteiger partial charge in [0.15, 0.2) is 0 Å². The van der Waals surface area contributed by atoms with Gasteiger partial charge >= 0.3 is 5.97 Å². The Morgan fingerprint density at radius 3 is 2.68 bits per heavy atom. The van der Waals surface area contributed by atoms with Crippen LogP contribution >= 0.6 is 11.6 Å². The highest BCUT2D eigenvalue weighted by atomic mass is 35.5. The van der Waals surface area contributed by atoms with Gasteiger partial charge in [0.25, 0.3) is 0 Å². The van der Waals surface area contributed by atoms with Crippen molar-refractivity contribution >= 4 is 29.6 Å². The zero-order valence-electron chi connectivity index (χ0n) is 10.5. The molecule has 1 amide bonds. The first kappa shape index (κ1) is 13.6. The normalized spacial score (nSPS) is 15.6. The molecule has 1 aromatic carbocycles. The highest BCUT2D eigenvalue weighted by Crippen LogP contribution is 2.19. The standard InChI is InChI=1S/C14H14ClNO3/c1-9-2-3-10(6-12(9)15)4-5-13(17)16-7-11(8-16)14(18)19/h2-6,11H,7-8H2,1H3,(H,18,19). The van der Waals surface area contributed by atoms with E-state index in [1.807, 2.05) is 19.1 Å². The largest absolute Gasteiger partial charge is 0.481 e. The average molecular weight is 280 g/mol. The number of amides is 1. The van der Waals surface area contributed by atoms with Crippen LogP contribution in [-0.4, -0.2) is 35.0 Å². The van der Waals surface area contributed by atoms with Gasteiger partial charge in [-0.25, -0.2) is 0 Å². The molecule has 4 nitrogen and oxygen atoms in total. The van der Waals surface area contributed by atoms with Crippen LogP contribution in [0.4, 0.5) is 0 Å². The van der Waals surface area contributed by atoms with Crippen molar-refractivity contribution in [1.29, 1.82) is 0 Å². The summed E-state index contributed by atoms with van der Waals surface area (Å²) in [6, 6.07) is 5.55. The molecule has 0 spiro atoms. The number of rotatable bonds is 3. The summed E-state index contributed by atoms with van der Waals surface area (Å²) in [7, 11) is 0. The predicted octanol–water partition coefficient (Wildman–Crippen LogP) is 2.20. The van der Waals surface area contributed by atoms with Crippen molar-refractivity contribution in [2.45, 2.75) is 6.92 Å². The molecule has 0 unspecified atom stereocenters. The van der Waals surface area contributed by atoms with Gasteiger partial charge in [0, 0.05) is 24.2 Å². The van der Waals surface area contributed by atoms with Crippen molar-refractivity contribution in [2.24, 2.45) is 5.92 Å². The van der Waals surface area contributed by atoms with Gasteiger partial charge in [-0.15, -0.1) is 0 Å². The molecule has 1 aromatic rings. The third-order valence-electron chi connectivity index (χ3n) is 3.16. The number of carboxylic acid groups (broad SMARTS) is 1. The quantitative estimate of drug-likeness (QED) is 0.863. The van der Waals surface area contributed by atoms with Crippen LogP contribution in [0.25, 0.3) is 6.08 Å². The lowest BCUT2D eigenvalue weighted by molar-refractivity contribution is -0.151. The molecule has 0 saturated carbocycles. The summed E-state index contributed by atoms with van der Waals surface area (Å²) in [5.74, 6) is -1.45. The zero-order chi connectivity index (χ0) is 14.0. The fourth-order valence-electron chi connectivity index (χ4n) is 1.80. The van der Waals surface area contributed by atoms with Crippen LogP contribution in [0.2, 0.25) is 5.02 Å². The van der Waals surface area contributed by atoms with Gasteiger partial charge in [-0.3, -0.25) is 9.59 Å². The first-order valence-corrected chi connectivity index (χ1v) is 6.31. The predicted molar refractivity (Wildman–Crippen MR) is 72.9 cm³/mol. The summed E-state index contributed by atoms with van der Waals surface area (Å²) >= 11 is 5.99. The number of halogens is 1. The van der Waals surface area contributed by atoms with E-state index in [0.29, 0.717) is 5.02 Å². The SMILES string of the molecule is Cc1ccc(C=CC(=O)N2CC(C(=O)O)C2)cc1Cl. The van der Waals surface area contributed by atoms with Crippen molar-refractivity contribution in [3.8, 4) is 0 Å². The summed E-state index contributed by atoms with van der Waals surface area (Å²) in [6.07, 6.45) is 3.13. The van der Waals surface area contributed by atoms with E-state index in [1.165, 1.54) is 11.0 Å². The number of carbonyl (C=O) groups is 2. The van der Waals surface area contributed by atoms with Gasteiger partial charge in [-0.2, -0.15) is 0 Å². The maximum atomic E-state index is 11.7. The fourth-order valence-corrected chi connectivity index (χ4v) is 1.99. The Morgan fingerprint density at radius 1 is 1.42 bits per heavy atom. The smallest absolute Gasteiger partial charge is 0.310 e. The maximum absolute atomic E-state index is 11.7. The van der Waals surface area contributed by atoms with E-state index in [2.05, 4.69) is 0 Å². The van der Waals surface area contributed by atoms with Crippen LogP contribution in [-0.2, 0) is 9.59 Å². The minimum Gasteiger partial charge on any atom is -0.481 e. The molecule has 1 N–H and O–H groups in total. The molecule has 100 valence electrons. The molecule has 5 heteroatoms. The molecular weight excluding hydrogens is 266 g/mol. The highest BCUT2D eigenvalue weighted by molar-refractivity contribution is 6.31. The first-order valence-electron chi connectivity index (χ1n) is 5.93. The van der Waals surface area contributed by atoms with E-state index in [1.54, 1.807) is 12.1 Å². The lowest BCUT2D eigenvalue weighted by Crippen LogP contribution is -2.52. The number of nitrogens with zero attached hydrogens (tertiary/aromatic N) is 1. The summed E-state index contributed by atoms with van der Waals surface area (Å²) in [5.41, 5.74) is 1.83. The summed E-state index contributed by atoms with van der Waals surface area (Å²) < 4.78 is 0. The zero-order valence-corrected chi connectivity index (χ0v) is 11.2. The second kappa shape index (κ2) is 5.45. The number of carboxylic acids is 1. The van der Waals surface area contributed by atoms with E-state index in [0.717, 1.165) is 11.1 Å². The van der Waals surface area contributed by atoms with Crippen LogP contribution in [0, 0.1) is 12.8 Å². The number of likely N-dealkylation sites (tertiary alicyclic amines) is 1. The highest BCUT2D eigenvalue weighted by Gasteiger charge is 2.34. The molecule has 2 rings (SSSR count). The molecule has 1 heterocycles. The molecule has 19 heavy (non-hydrogen) atoms.